The van der Waals surface area contributed by atoms with Crippen molar-refractivity contribution in [1.29, 1.82) is 5.26 Å². The number of carbonyl (C=O) groups excluding carboxylic acids is 1. The number of nitrogens with zero attached hydrogens (tertiary/aromatic N) is 2. The number of pyridine rings is 1. The number of nitriles is 1. The standard InChI is InChI=1S/C19H20N2O3/c1-5-12(3)21-18(23)15(10-20)13(4)16(19(21)24)17(22)14-8-6-7-11(2)9-14/h6-9,12,24H,5H2,1-4H3. The Labute approximate surface area is 140 Å². The van der Waals surface area contributed by atoms with E-state index in [0.29, 0.717) is 12.0 Å². The van der Waals surface area contributed by atoms with E-state index in [9.17, 15) is 20.0 Å². The van der Waals surface area contributed by atoms with Crippen LogP contribution in [0.15, 0.2) is 29.1 Å². The number of hydrogen-bond donors (Lipinski definition) is 1. The minimum Gasteiger partial charge on any atom is -0.494 e. The summed E-state index contributed by atoms with van der Waals surface area (Å²) in [6, 6.07) is 8.53. The lowest BCUT2D eigenvalue weighted by molar-refractivity contribution is 0.103. The van der Waals surface area contributed by atoms with Crippen molar-refractivity contribution in [2.24, 2.45) is 0 Å². The Morgan fingerprint density at radius 2 is 2.04 bits per heavy atom. The van der Waals surface area contributed by atoms with E-state index in [1.54, 1.807) is 25.1 Å². The number of benzene rings is 1. The molecule has 1 aromatic carbocycles. The van der Waals surface area contributed by atoms with Crippen LogP contribution in [-0.2, 0) is 0 Å². The molecule has 0 spiro atoms. The number of aromatic nitrogens is 1. The molecular formula is C19H20N2O3. The second-order valence-corrected chi connectivity index (χ2v) is 5.94. The van der Waals surface area contributed by atoms with Crippen molar-refractivity contribution in [3.63, 3.8) is 0 Å². The molecule has 0 bridgehead atoms. The highest BCUT2D eigenvalue weighted by Gasteiger charge is 2.26. The van der Waals surface area contributed by atoms with Gasteiger partial charge in [0.1, 0.15) is 11.6 Å². The third-order valence-corrected chi connectivity index (χ3v) is 4.29. The highest BCUT2D eigenvalue weighted by atomic mass is 16.3. The minimum absolute atomic E-state index is 0.0112. The van der Waals surface area contributed by atoms with Crippen LogP contribution in [0.4, 0.5) is 0 Å². The van der Waals surface area contributed by atoms with Crippen molar-refractivity contribution in [2.75, 3.05) is 0 Å². The van der Waals surface area contributed by atoms with Gasteiger partial charge in [0.05, 0.1) is 5.56 Å². The third kappa shape index (κ3) is 2.83. The van der Waals surface area contributed by atoms with Crippen molar-refractivity contribution >= 4 is 5.78 Å². The van der Waals surface area contributed by atoms with Gasteiger partial charge in [0.25, 0.3) is 5.56 Å². The number of aromatic hydroxyl groups is 1. The first-order valence-electron chi connectivity index (χ1n) is 7.82. The third-order valence-electron chi connectivity index (χ3n) is 4.29. The first-order chi connectivity index (χ1) is 11.3. The lowest BCUT2D eigenvalue weighted by atomic mass is 9.96. The van der Waals surface area contributed by atoms with Gasteiger partial charge in [-0.05, 0) is 38.8 Å². The quantitative estimate of drug-likeness (QED) is 0.875. The Balaban J connectivity index is 2.81. The van der Waals surface area contributed by atoms with Crippen LogP contribution in [0.3, 0.4) is 0 Å². The lowest BCUT2D eigenvalue weighted by Crippen LogP contribution is -2.28. The summed E-state index contributed by atoms with van der Waals surface area (Å²) in [6.07, 6.45) is 0.583. The fourth-order valence-electron chi connectivity index (χ4n) is 2.72. The number of rotatable bonds is 4. The van der Waals surface area contributed by atoms with E-state index in [1.165, 1.54) is 6.92 Å². The van der Waals surface area contributed by atoms with Crippen molar-refractivity contribution < 1.29 is 9.90 Å². The molecule has 1 N–H and O–H groups in total. The van der Waals surface area contributed by atoms with Gasteiger partial charge in [-0.3, -0.25) is 14.2 Å². The van der Waals surface area contributed by atoms with Gasteiger partial charge in [-0.1, -0.05) is 30.7 Å². The monoisotopic (exact) mass is 324 g/mol. The van der Waals surface area contributed by atoms with Crippen molar-refractivity contribution in [3.05, 3.63) is 62.4 Å². The van der Waals surface area contributed by atoms with Crippen molar-refractivity contribution in [1.82, 2.24) is 4.57 Å². The number of aryl methyl sites for hydroxylation is 1. The van der Waals surface area contributed by atoms with Gasteiger partial charge < -0.3 is 5.11 Å². The van der Waals surface area contributed by atoms with Crippen LogP contribution in [0.2, 0.25) is 0 Å². The topological polar surface area (TPSA) is 83.1 Å². The van der Waals surface area contributed by atoms with Crippen LogP contribution in [0.5, 0.6) is 5.88 Å². The summed E-state index contributed by atoms with van der Waals surface area (Å²) in [7, 11) is 0. The highest BCUT2D eigenvalue weighted by molar-refractivity contribution is 6.11. The summed E-state index contributed by atoms with van der Waals surface area (Å²) in [5, 5.41) is 19.9. The smallest absolute Gasteiger partial charge is 0.271 e. The Morgan fingerprint density at radius 3 is 2.58 bits per heavy atom. The molecule has 0 saturated heterocycles. The molecule has 1 atom stereocenters. The van der Waals surface area contributed by atoms with E-state index in [2.05, 4.69) is 0 Å². The summed E-state index contributed by atoms with van der Waals surface area (Å²) < 4.78 is 1.13. The highest BCUT2D eigenvalue weighted by Crippen LogP contribution is 2.28. The maximum atomic E-state index is 12.9. The van der Waals surface area contributed by atoms with Gasteiger partial charge in [-0.15, -0.1) is 0 Å². The maximum absolute atomic E-state index is 12.9. The number of carbonyl (C=O) groups is 1. The van der Waals surface area contributed by atoms with E-state index in [1.807, 2.05) is 26.0 Å². The minimum atomic E-state index is -0.567. The van der Waals surface area contributed by atoms with E-state index >= 15 is 0 Å². The predicted molar refractivity (Wildman–Crippen MR) is 91.4 cm³/mol. The molecule has 0 aliphatic heterocycles. The molecule has 1 heterocycles. The van der Waals surface area contributed by atoms with Crippen LogP contribution in [0.25, 0.3) is 0 Å². The number of hydrogen-bond acceptors (Lipinski definition) is 4. The van der Waals surface area contributed by atoms with Gasteiger partial charge >= 0.3 is 0 Å². The van der Waals surface area contributed by atoms with E-state index in [4.69, 9.17) is 0 Å². The molecule has 0 amide bonds. The van der Waals surface area contributed by atoms with Crippen molar-refractivity contribution in [3.8, 4) is 11.9 Å². The molecule has 1 aromatic heterocycles. The first kappa shape index (κ1) is 17.5. The molecule has 1 unspecified atom stereocenters. The average Bonchev–Trinajstić information content (AvgIpc) is 2.54. The maximum Gasteiger partial charge on any atom is 0.271 e. The van der Waals surface area contributed by atoms with Gasteiger partial charge in [0.2, 0.25) is 5.88 Å². The molecule has 2 rings (SSSR count). The summed E-state index contributed by atoms with van der Waals surface area (Å²) in [5.74, 6) is -0.778. The Bertz CT molecular complexity index is 904. The molecule has 2 aromatic rings. The summed E-state index contributed by atoms with van der Waals surface area (Å²) >= 11 is 0. The zero-order chi connectivity index (χ0) is 18.0. The normalized spacial score (nSPS) is 11.8. The predicted octanol–water partition coefficient (Wildman–Crippen LogP) is 3.24. The molecule has 0 aliphatic rings. The van der Waals surface area contributed by atoms with E-state index in [-0.39, 0.29) is 28.6 Å². The van der Waals surface area contributed by atoms with Gasteiger partial charge in [0.15, 0.2) is 5.78 Å². The molecular weight excluding hydrogens is 304 g/mol. The molecule has 5 heteroatoms. The molecule has 24 heavy (non-hydrogen) atoms. The summed E-state index contributed by atoms with van der Waals surface area (Å²) in [6.45, 7) is 7.01. The number of ketones is 1. The van der Waals surface area contributed by atoms with Crippen LogP contribution < -0.4 is 5.56 Å². The molecule has 0 fully saturated rings. The molecule has 124 valence electrons. The molecule has 0 radical (unpaired) electrons. The van der Waals surface area contributed by atoms with Crippen molar-refractivity contribution in [2.45, 2.75) is 40.2 Å². The summed E-state index contributed by atoms with van der Waals surface area (Å²) in [4.78, 5) is 25.4. The SMILES string of the molecule is CCC(C)n1c(O)c(C(=O)c2cccc(C)c2)c(C)c(C#N)c1=O. The Morgan fingerprint density at radius 1 is 1.38 bits per heavy atom. The Kier molecular flexibility index (Phi) is 4.89. The van der Waals surface area contributed by atoms with Gasteiger partial charge in [-0.2, -0.15) is 5.26 Å². The zero-order valence-corrected chi connectivity index (χ0v) is 14.3. The van der Waals surface area contributed by atoms with Gasteiger partial charge in [-0.25, -0.2) is 0 Å². The molecule has 0 saturated carbocycles. The largest absolute Gasteiger partial charge is 0.494 e. The average molecular weight is 324 g/mol. The second-order valence-electron chi connectivity index (χ2n) is 5.94. The molecule has 0 aliphatic carbocycles. The zero-order valence-electron chi connectivity index (χ0n) is 14.3. The first-order valence-corrected chi connectivity index (χ1v) is 7.82. The lowest BCUT2D eigenvalue weighted by Gasteiger charge is -2.19. The van der Waals surface area contributed by atoms with E-state index in [0.717, 1.165) is 10.1 Å². The van der Waals surface area contributed by atoms with Crippen LogP contribution in [0, 0.1) is 25.2 Å². The Hall–Kier alpha value is -2.87. The fourth-order valence-corrected chi connectivity index (χ4v) is 2.72. The van der Waals surface area contributed by atoms with Gasteiger partial charge in [0, 0.05) is 11.6 Å². The fraction of sp³-hybridized carbons (Fsp3) is 0.316. The van der Waals surface area contributed by atoms with Crippen LogP contribution in [-0.4, -0.2) is 15.5 Å². The van der Waals surface area contributed by atoms with Crippen LogP contribution in [0.1, 0.15) is 58.9 Å². The van der Waals surface area contributed by atoms with Crippen LogP contribution >= 0.6 is 0 Å². The molecule has 5 nitrogen and oxygen atoms in total. The van der Waals surface area contributed by atoms with E-state index < -0.39 is 11.3 Å². The summed E-state index contributed by atoms with van der Waals surface area (Å²) in [5.41, 5.74) is 0.871. The second kappa shape index (κ2) is 6.71.